The van der Waals surface area contributed by atoms with E-state index in [9.17, 15) is 4.79 Å². The standard InChI is InChI=1S/C15H23NO4S/c1-11-13(19-2)9-12(10-14(11)20-3)15(18)16-5-8-21-7-4-6-17/h9-10,17H,4-8H2,1-3H3,(H,16,18). The molecule has 118 valence electrons. The van der Waals surface area contributed by atoms with Gasteiger partial charge >= 0.3 is 0 Å². The van der Waals surface area contributed by atoms with Crippen LogP contribution in [0.25, 0.3) is 0 Å². The van der Waals surface area contributed by atoms with Gasteiger partial charge < -0.3 is 19.9 Å². The Hall–Kier alpha value is -1.40. The van der Waals surface area contributed by atoms with E-state index in [1.807, 2.05) is 6.92 Å². The highest BCUT2D eigenvalue weighted by Crippen LogP contribution is 2.29. The third kappa shape index (κ3) is 5.47. The van der Waals surface area contributed by atoms with Gasteiger partial charge in [0.05, 0.1) is 14.2 Å². The van der Waals surface area contributed by atoms with Crippen LogP contribution in [0.15, 0.2) is 12.1 Å². The van der Waals surface area contributed by atoms with E-state index in [2.05, 4.69) is 5.32 Å². The van der Waals surface area contributed by atoms with Crippen molar-refractivity contribution in [2.45, 2.75) is 13.3 Å². The Balaban J connectivity index is 2.57. The van der Waals surface area contributed by atoms with Gasteiger partial charge in [0.1, 0.15) is 11.5 Å². The van der Waals surface area contributed by atoms with Crippen molar-refractivity contribution >= 4 is 17.7 Å². The lowest BCUT2D eigenvalue weighted by Crippen LogP contribution is -2.26. The summed E-state index contributed by atoms with van der Waals surface area (Å²) in [6, 6.07) is 3.43. The second kappa shape index (κ2) is 9.52. The van der Waals surface area contributed by atoms with Crippen LogP contribution in [0, 0.1) is 6.92 Å². The second-order valence-corrected chi connectivity index (χ2v) is 5.68. The van der Waals surface area contributed by atoms with Crippen LogP contribution >= 0.6 is 11.8 Å². The molecule has 0 radical (unpaired) electrons. The third-order valence-corrected chi connectivity index (χ3v) is 4.06. The summed E-state index contributed by atoms with van der Waals surface area (Å²) >= 11 is 1.71. The molecule has 0 spiro atoms. The van der Waals surface area contributed by atoms with Gasteiger partial charge in [-0.05, 0) is 31.2 Å². The van der Waals surface area contributed by atoms with Crippen molar-refractivity contribution in [2.24, 2.45) is 0 Å². The number of thioether (sulfide) groups is 1. The SMILES string of the molecule is COc1cc(C(=O)NCCSCCCO)cc(OC)c1C. The van der Waals surface area contributed by atoms with E-state index in [0.717, 1.165) is 23.5 Å². The van der Waals surface area contributed by atoms with Gasteiger partial charge in [0.15, 0.2) is 0 Å². The summed E-state index contributed by atoms with van der Waals surface area (Å²) in [5.74, 6) is 2.85. The number of carbonyl (C=O) groups is 1. The Kier molecular flexibility index (Phi) is 8.00. The first-order valence-corrected chi connectivity index (χ1v) is 7.99. The van der Waals surface area contributed by atoms with E-state index in [1.54, 1.807) is 38.1 Å². The lowest BCUT2D eigenvalue weighted by molar-refractivity contribution is 0.0955. The highest BCUT2D eigenvalue weighted by Gasteiger charge is 2.13. The van der Waals surface area contributed by atoms with Gasteiger partial charge in [-0.3, -0.25) is 4.79 Å². The molecule has 1 aromatic rings. The van der Waals surface area contributed by atoms with Crippen LogP contribution in [0.4, 0.5) is 0 Å². The first-order chi connectivity index (χ1) is 10.1. The number of aliphatic hydroxyl groups excluding tert-OH is 1. The Morgan fingerprint density at radius 3 is 2.38 bits per heavy atom. The number of rotatable bonds is 9. The first-order valence-electron chi connectivity index (χ1n) is 6.83. The van der Waals surface area contributed by atoms with Crippen LogP contribution in [0.5, 0.6) is 11.5 Å². The molecule has 21 heavy (non-hydrogen) atoms. The van der Waals surface area contributed by atoms with E-state index >= 15 is 0 Å². The van der Waals surface area contributed by atoms with Gasteiger partial charge in [0.25, 0.3) is 5.91 Å². The molecule has 1 rings (SSSR count). The van der Waals surface area contributed by atoms with E-state index in [-0.39, 0.29) is 12.5 Å². The lowest BCUT2D eigenvalue weighted by atomic mass is 10.1. The van der Waals surface area contributed by atoms with Crippen LogP contribution in [0.1, 0.15) is 22.3 Å². The van der Waals surface area contributed by atoms with Crippen LogP contribution < -0.4 is 14.8 Å². The topological polar surface area (TPSA) is 67.8 Å². The number of nitrogens with one attached hydrogen (secondary N) is 1. The maximum Gasteiger partial charge on any atom is 0.251 e. The summed E-state index contributed by atoms with van der Waals surface area (Å²) in [7, 11) is 3.14. The Morgan fingerprint density at radius 2 is 1.86 bits per heavy atom. The van der Waals surface area contributed by atoms with Crippen molar-refractivity contribution in [2.75, 3.05) is 38.9 Å². The Bertz CT molecular complexity index is 440. The molecule has 0 fully saturated rings. The normalized spacial score (nSPS) is 10.3. The van der Waals surface area contributed by atoms with E-state index in [4.69, 9.17) is 14.6 Å². The van der Waals surface area contributed by atoms with E-state index < -0.39 is 0 Å². The zero-order valence-corrected chi connectivity index (χ0v) is 13.6. The Morgan fingerprint density at radius 1 is 1.24 bits per heavy atom. The fourth-order valence-corrected chi connectivity index (χ4v) is 2.61. The van der Waals surface area contributed by atoms with E-state index in [1.165, 1.54) is 0 Å². The minimum absolute atomic E-state index is 0.144. The van der Waals surface area contributed by atoms with Crippen molar-refractivity contribution < 1.29 is 19.4 Å². The fraction of sp³-hybridized carbons (Fsp3) is 0.533. The third-order valence-electron chi connectivity index (χ3n) is 2.99. The highest BCUT2D eigenvalue weighted by atomic mass is 32.2. The molecule has 0 saturated carbocycles. The number of benzene rings is 1. The van der Waals surface area contributed by atoms with Crippen molar-refractivity contribution in [3.8, 4) is 11.5 Å². The lowest BCUT2D eigenvalue weighted by Gasteiger charge is -2.12. The average molecular weight is 313 g/mol. The molecule has 0 atom stereocenters. The summed E-state index contributed by atoms with van der Waals surface area (Å²) in [5.41, 5.74) is 1.39. The van der Waals surface area contributed by atoms with Gasteiger partial charge in [-0.15, -0.1) is 0 Å². The fourth-order valence-electron chi connectivity index (χ4n) is 1.82. The summed E-state index contributed by atoms with van der Waals surface area (Å²) in [6.07, 6.45) is 0.783. The molecule has 5 nitrogen and oxygen atoms in total. The molecular formula is C15H23NO4S. The minimum atomic E-state index is -0.144. The smallest absolute Gasteiger partial charge is 0.251 e. The predicted molar refractivity (Wildman–Crippen MR) is 85.6 cm³/mol. The highest BCUT2D eigenvalue weighted by molar-refractivity contribution is 7.99. The number of carbonyl (C=O) groups excluding carboxylic acids is 1. The monoisotopic (exact) mass is 313 g/mol. The molecule has 0 aliphatic heterocycles. The molecule has 1 aromatic carbocycles. The number of aliphatic hydroxyl groups is 1. The molecule has 0 heterocycles. The molecule has 0 aliphatic carbocycles. The number of hydrogen-bond acceptors (Lipinski definition) is 5. The zero-order chi connectivity index (χ0) is 15.7. The molecule has 0 bridgehead atoms. The first kappa shape index (κ1) is 17.7. The predicted octanol–water partition coefficient (Wildman–Crippen LogP) is 1.86. The van der Waals surface area contributed by atoms with Crippen LogP contribution in [0.3, 0.4) is 0 Å². The number of amides is 1. The quantitative estimate of drug-likeness (QED) is 0.681. The molecule has 0 aliphatic rings. The van der Waals surface area contributed by atoms with Crippen LogP contribution in [-0.4, -0.2) is 49.9 Å². The largest absolute Gasteiger partial charge is 0.496 e. The average Bonchev–Trinajstić information content (AvgIpc) is 2.50. The number of methoxy groups -OCH3 is 2. The van der Waals surface area contributed by atoms with Crippen molar-refractivity contribution in [1.29, 1.82) is 0 Å². The molecular weight excluding hydrogens is 290 g/mol. The van der Waals surface area contributed by atoms with Gasteiger partial charge in [-0.2, -0.15) is 11.8 Å². The maximum absolute atomic E-state index is 12.1. The van der Waals surface area contributed by atoms with Crippen LogP contribution in [0.2, 0.25) is 0 Å². The second-order valence-electron chi connectivity index (χ2n) is 4.45. The molecule has 0 unspecified atom stereocenters. The number of ether oxygens (including phenoxy) is 2. The zero-order valence-electron chi connectivity index (χ0n) is 12.8. The molecule has 0 saturated heterocycles. The number of hydrogen-bond donors (Lipinski definition) is 2. The van der Waals surface area contributed by atoms with Gasteiger partial charge in [-0.1, -0.05) is 0 Å². The van der Waals surface area contributed by atoms with Gasteiger partial charge in [-0.25, -0.2) is 0 Å². The molecule has 2 N–H and O–H groups in total. The van der Waals surface area contributed by atoms with Crippen molar-refractivity contribution in [1.82, 2.24) is 5.32 Å². The summed E-state index contributed by atoms with van der Waals surface area (Å²) in [6.45, 7) is 2.69. The van der Waals surface area contributed by atoms with E-state index in [0.29, 0.717) is 23.6 Å². The van der Waals surface area contributed by atoms with Crippen molar-refractivity contribution in [3.63, 3.8) is 0 Å². The van der Waals surface area contributed by atoms with Gasteiger partial charge in [0, 0.05) is 30.0 Å². The van der Waals surface area contributed by atoms with Gasteiger partial charge in [0.2, 0.25) is 0 Å². The minimum Gasteiger partial charge on any atom is -0.496 e. The molecule has 6 heteroatoms. The Labute approximate surface area is 130 Å². The summed E-state index contributed by atoms with van der Waals surface area (Å²) in [5, 5.41) is 11.5. The molecule has 1 amide bonds. The summed E-state index contributed by atoms with van der Waals surface area (Å²) in [4.78, 5) is 12.1. The maximum atomic E-state index is 12.1. The molecule has 0 aromatic heterocycles. The van der Waals surface area contributed by atoms with Crippen LogP contribution in [-0.2, 0) is 0 Å². The summed E-state index contributed by atoms with van der Waals surface area (Å²) < 4.78 is 10.5. The van der Waals surface area contributed by atoms with Crippen molar-refractivity contribution in [3.05, 3.63) is 23.3 Å².